The molecule has 0 spiro atoms. The summed E-state index contributed by atoms with van der Waals surface area (Å²) in [5.74, 6) is -1.91. The van der Waals surface area contributed by atoms with Crippen molar-refractivity contribution < 1.29 is 13.0 Å². The number of nitrogens with zero attached hydrogens (tertiary/aromatic N) is 1. The van der Waals surface area contributed by atoms with Crippen molar-refractivity contribution in [1.82, 2.24) is 0 Å². The number of hydrogen-bond acceptors (Lipinski definition) is 2. The van der Waals surface area contributed by atoms with E-state index in [-0.39, 0.29) is 5.69 Å². The zero-order valence-corrected chi connectivity index (χ0v) is 8.07. The molecule has 13 heavy (non-hydrogen) atoms. The van der Waals surface area contributed by atoms with Crippen LogP contribution in [0.25, 0.3) is 0 Å². The van der Waals surface area contributed by atoms with Gasteiger partial charge in [0.25, 0.3) is 0 Å². The van der Waals surface area contributed by atoms with Crippen LogP contribution in [0.1, 0.15) is 0 Å². The van der Waals surface area contributed by atoms with Crippen molar-refractivity contribution in [3.63, 3.8) is 0 Å². The van der Waals surface area contributed by atoms with Crippen LogP contribution in [0.15, 0.2) is 22.6 Å². The molecular weight excluding hydrogens is 196 g/mol. The molecule has 2 nitrogen and oxygen atoms in total. The highest BCUT2D eigenvalue weighted by atomic mass is 32.2. The monoisotopic (exact) mass is 205 g/mol. The molecule has 0 bridgehead atoms. The molecule has 0 saturated heterocycles. The van der Waals surface area contributed by atoms with Crippen molar-refractivity contribution in [3.8, 4) is 0 Å². The zero-order valence-electron chi connectivity index (χ0n) is 7.25. The number of rotatable bonds is 1. The van der Waals surface area contributed by atoms with Gasteiger partial charge in [-0.25, -0.2) is 13.0 Å². The molecule has 0 aromatic heterocycles. The van der Waals surface area contributed by atoms with E-state index in [1.165, 1.54) is 18.6 Å². The molecule has 0 saturated carbocycles. The van der Waals surface area contributed by atoms with Gasteiger partial charge in [-0.1, -0.05) is 0 Å². The van der Waals surface area contributed by atoms with Gasteiger partial charge in [-0.3, -0.25) is 0 Å². The number of hydrogen-bond donors (Lipinski definition) is 0. The lowest BCUT2D eigenvalue weighted by Gasteiger charge is -1.97. The molecule has 0 amide bonds. The Morgan fingerprint density at radius 1 is 1.23 bits per heavy atom. The van der Waals surface area contributed by atoms with Crippen LogP contribution < -0.4 is 0 Å². The molecule has 0 aliphatic carbocycles. The van der Waals surface area contributed by atoms with Crippen molar-refractivity contribution in [1.29, 1.82) is 0 Å². The molecule has 0 atom stereocenters. The lowest BCUT2D eigenvalue weighted by Crippen LogP contribution is -1.89. The smallest absolute Gasteiger partial charge is 0.160 e. The molecule has 1 aromatic carbocycles. The molecule has 0 aliphatic rings. The first-order valence-corrected chi connectivity index (χ1v) is 5.84. The minimum Gasteiger partial charge on any atom is -0.250 e. The van der Waals surface area contributed by atoms with E-state index in [0.717, 1.165) is 12.1 Å². The van der Waals surface area contributed by atoms with E-state index in [1.807, 2.05) is 0 Å². The van der Waals surface area contributed by atoms with Gasteiger partial charge in [0.2, 0.25) is 0 Å². The summed E-state index contributed by atoms with van der Waals surface area (Å²) in [6, 6.07) is 3.16. The van der Waals surface area contributed by atoms with Gasteiger partial charge in [0.15, 0.2) is 11.6 Å². The third kappa shape index (κ3) is 3.10. The second-order valence-corrected chi connectivity index (χ2v) is 5.42. The third-order valence-corrected chi connectivity index (χ3v) is 1.88. The van der Waals surface area contributed by atoms with Crippen molar-refractivity contribution in [2.24, 2.45) is 4.36 Å². The van der Waals surface area contributed by atoms with Gasteiger partial charge in [0, 0.05) is 28.3 Å². The first-order valence-electron chi connectivity index (χ1n) is 3.51. The van der Waals surface area contributed by atoms with Gasteiger partial charge in [-0.05, 0) is 12.1 Å². The van der Waals surface area contributed by atoms with Crippen molar-refractivity contribution in [2.75, 3.05) is 12.5 Å². The van der Waals surface area contributed by atoms with E-state index in [9.17, 15) is 13.0 Å². The normalized spacial score (nSPS) is 11.4. The highest BCUT2D eigenvalue weighted by molar-refractivity contribution is 7.92. The van der Waals surface area contributed by atoms with Crippen LogP contribution in [-0.2, 0) is 9.73 Å². The SMILES string of the molecule is CS(C)(=O)=Nc1ccc(F)c(F)c1. The van der Waals surface area contributed by atoms with Crippen LogP contribution in [0.2, 0.25) is 0 Å². The third-order valence-electron chi connectivity index (χ3n) is 1.23. The van der Waals surface area contributed by atoms with Crippen LogP contribution in [-0.4, -0.2) is 16.7 Å². The fourth-order valence-electron chi connectivity index (χ4n) is 0.796. The Kier molecular flexibility index (Phi) is 2.66. The second kappa shape index (κ2) is 3.41. The summed E-state index contributed by atoms with van der Waals surface area (Å²) in [5, 5.41) is 0. The molecular formula is C8H9F2NOS. The largest absolute Gasteiger partial charge is 0.250 e. The lowest BCUT2D eigenvalue weighted by atomic mass is 10.3. The quantitative estimate of drug-likeness (QED) is 0.691. The van der Waals surface area contributed by atoms with Gasteiger partial charge in [-0.15, -0.1) is 0 Å². The molecule has 5 heteroatoms. The fourth-order valence-corrected chi connectivity index (χ4v) is 1.42. The summed E-state index contributed by atoms with van der Waals surface area (Å²) >= 11 is 0. The topological polar surface area (TPSA) is 29.4 Å². The van der Waals surface area contributed by atoms with Crippen molar-refractivity contribution in [3.05, 3.63) is 29.8 Å². The van der Waals surface area contributed by atoms with Gasteiger partial charge in [0.1, 0.15) is 0 Å². The average Bonchev–Trinajstić information content (AvgIpc) is 1.94. The molecule has 1 aromatic rings. The molecule has 0 aliphatic heterocycles. The molecule has 1 rings (SSSR count). The maximum absolute atomic E-state index is 12.6. The van der Waals surface area contributed by atoms with Crippen LogP contribution in [0.5, 0.6) is 0 Å². The van der Waals surface area contributed by atoms with E-state index in [4.69, 9.17) is 0 Å². The Labute approximate surface area is 75.8 Å². The van der Waals surface area contributed by atoms with Crippen molar-refractivity contribution in [2.45, 2.75) is 0 Å². The molecule has 72 valence electrons. The van der Waals surface area contributed by atoms with Crippen LogP contribution >= 0.6 is 0 Å². The van der Waals surface area contributed by atoms with E-state index >= 15 is 0 Å². The summed E-state index contributed by atoms with van der Waals surface area (Å²) in [4.78, 5) is 0. The maximum atomic E-state index is 12.6. The van der Waals surface area contributed by atoms with E-state index in [0.29, 0.717) is 0 Å². The number of benzene rings is 1. The van der Waals surface area contributed by atoms with E-state index in [2.05, 4.69) is 4.36 Å². The first kappa shape index (κ1) is 10.1. The summed E-state index contributed by atoms with van der Waals surface area (Å²) in [5.41, 5.74) is 0.189. The Balaban J connectivity index is 3.21. The number of halogens is 2. The van der Waals surface area contributed by atoms with Crippen LogP contribution in [0.3, 0.4) is 0 Å². The average molecular weight is 205 g/mol. The summed E-state index contributed by atoms with van der Waals surface area (Å²) < 4.78 is 40.0. The van der Waals surface area contributed by atoms with Gasteiger partial charge >= 0.3 is 0 Å². The van der Waals surface area contributed by atoms with E-state index in [1.54, 1.807) is 0 Å². The second-order valence-electron chi connectivity index (χ2n) is 2.87. The van der Waals surface area contributed by atoms with Crippen molar-refractivity contribution >= 4 is 15.4 Å². The van der Waals surface area contributed by atoms with Crippen LogP contribution in [0.4, 0.5) is 14.5 Å². The molecule has 0 fully saturated rings. The molecule has 0 unspecified atom stereocenters. The Morgan fingerprint density at radius 2 is 1.85 bits per heavy atom. The summed E-state index contributed by atoms with van der Waals surface area (Å²) in [6.45, 7) is 0. The lowest BCUT2D eigenvalue weighted by molar-refractivity contribution is 0.509. The highest BCUT2D eigenvalue weighted by Gasteiger charge is 2.02. The minimum atomic E-state index is -2.32. The predicted octanol–water partition coefficient (Wildman–Crippen LogP) is 2.32. The van der Waals surface area contributed by atoms with E-state index < -0.39 is 21.4 Å². The van der Waals surface area contributed by atoms with Gasteiger partial charge in [0.05, 0.1) is 5.69 Å². The summed E-state index contributed by atoms with van der Waals surface area (Å²) in [7, 11) is -2.32. The molecule has 0 radical (unpaired) electrons. The minimum absolute atomic E-state index is 0.189. The summed E-state index contributed by atoms with van der Waals surface area (Å²) in [6.07, 6.45) is 2.85. The molecule has 0 N–H and O–H groups in total. The first-order chi connectivity index (χ1) is 5.88. The standard InChI is InChI=1S/C8H9F2NOS/c1-13(2,12)11-6-3-4-7(9)8(10)5-6/h3-5H,1-2H3. The Morgan fingerprint density at radius 3 is 2.31 bits per heavy atom. The fraction of sp³-hybridized carbons (Fsp3) is 0.250. The molecule has 0 heterocycles. The Hall–Kier alpha value is -0.970. The van der Waals surface area contributed by atoms with Crippen LogP contribution in [0, 0.1) is 11.6 Å². The van der Waals surface area contributed by atoms with Gasteiger partial charge in [-0.2, -0.15) is 4.36 Å². The highest BCUT2D eigenvalue weighted by Crippen LogP contribution is 2.17. The predicted molar refractivity (Wildman–Crippen MR) is 48.4 cm³/mol. The van der Waals surface area contributed by atoms with Gasteiger partial charge < -0.3 is 0 Å². The maximum Gasteiger partial charge on any atom is 0.160 e. The zero-order chi connectivity index (χ0) is 10.1. The Bertz CT molecular complexity index is 428.